The van der Waals surface area contributed by atoms with E-state index in [1.807, 2.05) is 25.1 Å². The Morgan fingerprint density at radius 2 is 2.00 bits per heavy atom. The Balaban J connectivity index is 2.90. The summed E-state index contributed by atoms with van der Waals surface area (Å²) < 4.78 is 0. The van der Waals surface area contributed by atoms with E-state index in [1.165, 1.54) is 7.11 Å². The Bertz CT molecular complexity index is 330. The first-order chi connectivity index (χ1) is 6.79. The van der Waals surface area contributed by atoms with E-state index < -0.39 is 0 Å². The van der Waals surface area contributed by atoms with Crippen molar-refractivity contribution in [1.29, 1.82) is 0 Å². The lowest BCUT2D eigenvalue weighted by Gasteiger charge is -2.01. The molecule has 1 aromatic carbocycles. The Hall–Kier alpha value is -1.64. The van der Waals surface area contributed by atoms with Gasteiger partial charge < -0.3 is 4.84 Å². The van der Waals surface area contributed by atoms with Crippen LogP contribution in [-0.2, 0) is 4.84 Å². The minimum Gasteiger partial charge on any atom is -0.399 e. The van der Waals surface area contributed by atoms with Crippen molar-refractivity contribution in [3.63, 3.8) is 0 Å². The van der Waals surface area contributed by atoms with Crippen LogP contribution in [0.1, 0.15) is 23.7 Å². The standard InChI is InChI=1S/C11H13NO2/c1-3-10(12-14-2)11(13)9-7-5-4-6-8-9/h4-8H,3H2,1-2H3/b12-10-. The summed E-state index contributed by atoms with van der Waals surface area (Å²) in [6.07, 6.45) is 0.571. The van der Waals surface area contributed by atoms with Gasteiger partial charge >= 0.3 is 0 Å². The first-order valence-electron chi connectivity index (χ1n) is 4.49. The van der Waals surface area contributed by atoms with Crippen molar-refractivity contribution < 1.29 is 9.63 Å². The summed E-state index contributed by atoms with van der Waals surface area (Å²) in [7, 11) is 1.44. The molecule has 0 amide bonds. The number of oxime groups is 1. The zero-order chi connectivity index (χ0) is 10.4. The molecule has 0 heterocycles. The molecule has 0 N–H and O–H groups in total. The third-order valence-electron chi connectivity index (χ3n) is 1.83. The number of hydrogen-bond donors (Lipinski definition) is 0. The molecular weight excluding hydrogens is 178 g/mol. The molecule has 0 aliphatic carbocycles. The van der Waals surface area contributed by atoms with E-state index in [2.05, 4.69) is 9.99 Å². The normalized spacial score (nSPS) is 11.1. The molecule has 0 aliphatic rings. The fourth-order valence-corrected chi connectivity index (χ4v) is 1.13. The van der Waals surface area contributed by atoms with Crippen LogP contribution < -0.4 is 0 Å². The van der Waals surface area contributed by atoms with Crippen molar-refractivity contribution in [2.24, 2.45) is 5.16 Å². The zero-order valence-corrected chi connectivity index (χ0v) is 8.36. The zero-order valence-electron chi connectivity index (χ0n) is 8.36. The molecular formula is C11H13NO2. The van der Waals surface area contributed by atoms with Gasteiger partial charge in [-0.25, -0.2) is 0 Å². The minimum atomic E-state index is -0.0741. The van der Waals surface area contributed by atoms with Gasteiger partial charge in [-0.2, -0.15) is 0 Å². The monoisotopic (exact) mass is 191 g/mol. The number of nitrogens with zero attached hydrogens (tertiary/aromatic N) is 1. The van der Waals surface area contributed by atoms with Crippen LogP contribution in [0.3, 0.4) is 0 Å². The van der Waals surface area contributed by atoms with Gasteiger partial charge in [-0.3, -0.25) is 4.79 Å². The molecule has 1 rings (SSSR count). The highest BCUT2D eigenvalue weighted by Crippen LogP contribution is 2.03. The van der Waals surface area contributed by atoms with E-state index in [1.54, 1.807) is 12.1 Å². The Labute approximate surface area is 83.4 Å². The second-order valence-corrected chi connectivity index (χ2v) is 2.77. The van der Waals surface area contributed by atoms with Crippen molar-refractivity contribution in [2.75, 3.05) is 7.11 Å². The van der Waals surface area contributed by atoms with Gasteiger partial charge in [-0.15, -0.1) is 0 Å². The lowest BCUT2D eigenvalue weighted by atomic mass is 10.1. The molecule has 0 aliphatic heterocycles. The van der Waals surface area contributed by atoms with Crippen LogP contribution >= 0.6 is 0 Å². The Morgan fingerprint density at radius 3 is 2.50 bits per heavy atom. The molecule has 74 valence electrons. The van der Waals surface area contributed by atoms with Gasteiger partial charge in [0.05, 0.1) is 0 Å². The molecule has 0 spiro atoms. The number of Topliss-reactive ketones (excluding diaryl/α,β-unsaturated/α-hetero) is 1. The van der Waals surface area contributed by atoms with E-state index in [0.717, 1.165) is 0 Å². The molecule has 0 saturated carbocycles. The second-order valence-electron chi connectivity index (χ2n) is 2.77. The summed E-state index contributed by atoms with van der Waals surface area (Å²) in [5.74, 6) is -0.0741. The molecule has 0 radical (unpaired) electrons. The number of hydrogen-bond acceptors (Lipinski definition) is 3. The molecule has 3 nitrogen and oxygen atoms in total. The number of carbonyl (C=O) groups is 1. The maximum atomic E-state index is 11.8. The first-order valence-corrected chi connectivity index (χ1v) is 4.49. The van der Waals surface area contributed by atoms with Crippen LogP contribution in [0.2, 0.25) is 0 Å². The number of rotatable bonds is 4. The molecule has 0 aromatic heterocycles. The first kappa shape index (κ1) is 10.4. The predicted octanol–water partition coefficient (Wildman–Crippen LogP) is 2.28. The van der Waals surface area contributed by atoms with E-state index in [0.29, 0.717) is 17.7 Å². The Morgan fingerprint density at radius 1 is 1.36 bits per heavy atom. The highest BCUT2D eigenvalue weighted by molar-refractivity contribution is 6.45. The Kier molecular flexibility index (Phi) is 3.85. The third kappa shape index (κ3) is 2.42. The smallest absolute Gasteiger partial charge is 0.210 e. The van der Waals surface area contributed by atoms with Crippen molar-refractivity contribution in [1.82, 2.24) is 0 Å². The lowest BCUT2D eigenvalue weighted by molar-refractivity contribution is 0.105. The van der Waals surface area contributed by atoms with Crippen molar-refractivity contribution >= 4 is 11.5 Å². The topological polar surface area (TPSA) is 38.7 Å². The van der Waals surface area contributed by atoms with Gasteiger partial charge in [-0.05, 0) is 6.42 Å². The molecule has 0 fully saturated rings. The van der Waals surface area contributed by atoms with E-state index in [4.69, 9.17) is 0 Å². The maximum Gasteiger partial charge on any atom is 0.210 e. The van der Waals surface area contributed by atoms with Crippen molar-refractivity contribution in [2.45, 2.75) is 13.3 Å². The van der Waals surface area contributed by atoms with Crippen LogP contribution in [-0.4, -0.2) is 18.6 Å². The summed E-state index contributed by atoms with van der Waals surface area (Å²) in [6, 6.07) is 9.06. The van der Waals surface area contributed by atoms with Gasteiger partial charge in [0.1, 0.15) is 12.8 Å². The second kappa shape index (κ2) is 5.17. The van der Waals surface area contributed by atoms with Gasteiger partial charge in [0, 0.05) is 5.56 Å². The van der Waals surface area contributed by atoms with Crippen LogP contribution in [0, 0.1) is 0 Å². The van der Waals surface area contributed by atoms with Crippen molar-refractivity contribution in [3.8, 4) is 0 Å². The summed E-state index contributed by atoms with van der Waals surface area (Å²) in [6.45, 7) is 1.87. The highest BCUT2D eigenvalue weighted by Gasteiger charge is 2.11. The molecule has 0 atom stereocenters. The summed E-state index contributed by atoms with van der Waals surface area (Å²) in [5.41, 5.74) is 1.09. The largest absolute Gasteiger partial charge is 0.399 e. The van der Waals surface area contributed by atoms with E-state index in [-0.39, 0.29) is 5.78 Å². The quantitative estimate of drug-likeness (QED) is 0.416. The number of benzene rings is 1. The summed E-state index contributed by atoms with van der Waals surface area (Å²) in [4.78, 5) is 16.4. The lowest BCUT2D eigenvalue weighted by Crippen LogP contribution is -2.13. The average molecular weight is 191 g/mol. The maximum absolute atomic E-state index is 11.8. The fraction of sp³-hybridized carbons (Fsp3) is 0.273. The molecule has 3 heteroatoms. The van der Waals surface area contributed by atoms with Crippen LogP contribution in [0.25, 0.3) is 0 Å². The van der Waals surface area contributed by atoms with Gasteiger partial charge in [0.15, 0.2) is 0 Å². The van der Waals surface area contributed by atoms with Gasteiger partial charge in [0.25, 0.3) is 0 Å². The molecule has 0 unspecified atom stereocenters. The number of carbonyl (C=O) groups excluding carboxylic acids is 1. The predicted molar refractivity (Wildman–Crippen MR) is 55.5 cm³/mol. The third-order valence-corrected chi connectivity index (χ3v) is 1.83. The molecule has 14 heavy (non-hydrogen) atoms. The minimum absolute atomic E-state index is 0.0741. The van der Waals surface area contributed by atoms with Crippen LogP contribution in [0.15, 0.2) is 35.5 Å². The number of ketones is 1. The molecule has 0 saturated heterocycles. The summed E-state index contributed by atoms with van der Waals surface area (Å²) in [5, 5.41) is 3.69. The van der Waals surface area contributed by atoms with E-state index in [9.17, 15) is 4.79 Å². The summed E-state index contributed by atoms with van der Waals surface area (Å²) >= 11 is 0. The molecule has 1 aromatic rings. The fourth-order valence-electron chi connectivity index (χ4n) is 1.13. The van der Waals surface area contributed by atoms with E-state index >= 15 is 0 Å². The van der Waals surface area contributed by atoms with Gasteiger partial charge in [0.2, 0.25) is 5.78 Å². The van der Waals surface area contributed by atoms with Crippen LogP contribution in [0.4, 0.5) is 0 Å². The van der Waals surface area contributed by atoms with Crippen molar-refractivity contribution in [3.05, 3.63) is 35.9 Å². The van der Waals surface area contributed by atoms with Crippen LogP contribution in [0.5, 0.6) is 0 Å². The average Bonchev–Trinajstić information content (AvgIpc) is 2.26. The van der Waals surface area contributed by atoms with Gasteiger partial charge in [-0.1, -0.05) is 42.4 Å². The highest BCUT2D eigenvalue weighted by atomic mass is 16.6. The molecule has 0 bridgehead atoms. The SMILES string of the molecule is CC/C(=N/OC)C(=O)c1ccccc1.